The van der Waals surface area contributed by atoms with Crippen LogP contribution in [0.1, 0.15) is 0 Å². The van der Waals surface area contributed by atoms with Crippen LogP contribution in [0, 0.1) is 0 Å². The number of thioether (sulfide) groups is 1. The quantitative estimate of drug-likeness (QED) is 0.259. The summed E-state index contributed by atoms with van der Waals surface area (Å²) in [6.07, 6.45) is 1.83. The van der Waals surface area contributed by atoms with Gasteiger partial charge in [-0.05, 0) is 6.26 Å². The fourth-order valence-electron chi connectivity index (χ4n) is 0.552. The van der Waals surface area contributed by atoms with Gasteiger partial charge in [0.05, 0.1) is 23.2 Å². The van der Waals surface area contributed by atoms with E-state index in [1.54, 1.807) is 5.55 Å². The molecule has 0 aliphatic carbocycles. The Morgan fingerprint density at radius 1 is 1.18 bits per heavy atom. The third-order valence-corrected chi connectivity index (χ3v) is 2.36. The molecular weight excluding hydrogens is 284 g/mol. The summed E-state index contributed by atoms with van der Waals surface area (Å²) in [5.74, 6) is -0.691. The molecule has 0 rings (SSSR count). The van der Waals surface area contributed by atoms with Gasteiger partial charge in [0, 0.05) is 12.0 Å². The van der Waals surface area contributed by atoms with Gasteiger partial charge in [0.15, 0.2) is 0 Å². The van der Waals surface area contributed by atoms with Crippen LogP contribution < -0.4 is 9.44 Å². The van der Waals surface area contributed by atoms with E-state index in [4.69, 9.17) is 4.55 Å². The largest absolute Gasteiger partial charge is 0.325 e. The van der Waals surface area contributed by atoms with E-state index in [9.17, 15) is 9.59 Å². The molecule has 0 bridgehead atoms. The minimum Gasteiger partial charge on any atom is -0.325 e. The minimum atomic E-state index is -0.381. The number of nitrogens with zero attached hydrogens (tertiary/aromatic N) is 2. The molecule has 0 aliphatic rings. The lowest BCUT2D eigenvalue weighted by Gasteiger charge is -2.02. The molecule has 0 atom stereocenters. The van der Waals surface area contributed by atoms with E-state index in [-0.39, 0.29) is 24.9 Å². The molecule has 0 aliphatic heterocycles. The standard InChI is InChI=1S/C7H12N4O3S3/c1-15-4-8-2-6(12)10-17-11-7(13)3-9-5-16-14/h4-5,14H,2-3H2,1H3,(H,10,12)(H,11,13). The lowest BCUT2D eigenvalue weighted by atomic mass is 10.6. The molecule has 2 amide bonds. The van der Waals surface area contributed by atoms with Crippen molar-refractivity contribution in [1.82, 2.24) is 9.44 Å². The Morgan fingerprint density at radius 2 is 1.71 bits per heavy atom. The van der Waals surface area contributed by atoms with Crippen LogP contribution in [-0.2, 0) is 9.59 Å². The smallest absolute Gasteiger partial charge is 0.252 e. The summed E-state index contributed by atoms with van der Waals surface area (Å²) >= 11 is 2.58. The normalized spacial score (nSPS) is 10.9. The number of amides is 2. The topological polar surface area (TPSA) is 103 Å². The van der Waals surface area contributed by atoms with E-state index in [0.29, 0.717) is 12.0 Å². The Morgan fingerprint density at radius 3 is 2.18 bits per heavy atom. The Labute approximate surface area is 112 Å². The van der Waals surface area contributed by atoms with Gasteiger partial charge in [0.1, 0.15) is 13.1 Å². The molecule has 0 aromatic carbocycles. The number of aliphatic imine (C=N–C) groups is 2. The van der Waals surface area contributed by atoms with Crippen LogP contribution in [0.3, 0.4) is 0 Å². The highest BCUT2D eigenvalue weighted by atomic mass is 32.2. The zero-order valence-electron chi connectivity index (χ0n) is 8.95. The first kappa shape index (κ1) is 16.3. The summed E-state index contributed by atoms with van der Waals surface area (Å²) in [7, 11) is 0. The third-order valence-electron chi connectivity index (χ3n) is 1.10. The molecule has 0 unspecified atom stereocenters. The number of rotatable bonds is 8. The van der Waals surface area contributed by atoms with Crippen molar-refractivity contribution in [1.29, 1.82) is 0 Å². The fourth-order valence-corrected chi connectivity index (χ4v) is 1.32. The van der Waals surface area contributed by atoms with Crippen molar-refractivity contribution in [3.05, 3.63) is 0 Å². The third kappa shape index (κ3) is 11.6. The first-order valence-corrected chi connectivity index (χ1v) is 7.18. The lowest BCUT2D eigenvalue weighted by Crippen LogP contribution is -2.27. The summed E-state index contributed by atoms with van der Waals surface area (Å²) in [6.45, 7) is -0.0932. The predicted molar refractivity (Wildman–Crippen MR) is 74.3 cm³/mol. The first-order valence-electron chi connectivity index (χ1n) is 4.23. The molecule has 0 saturated heterocycles. The van der Waals surface area contributed by atoms with E-state index in [2.05, 4.69) is 19.4 Å². The highest BCUT2D eigenvalue weighted by Gasteiger charge is 2.01. The minimum absolute atomic E-state index is 0.0169. The number of hydrogen-bond acceptors (Lipinski definition) is 8. The van der Waals surface area contributed by atoms with Crippen LogP contribution in [-0.4, -0.2) is 46.8 Å². The second-order valence-corrected chi connectivity index (χ2v) is 4.10. The van der Waals surface area contributed by atoms with Gasteiger partial charge in [-0.25, -0.2) is 0 Å². The Balaban J connectivity index is 3.55. The molecule has 0 aromatic heterocycles. The fraction of sp³-hybridized carbons (Fsp3) is 0.429. The molecule has 0 spiro atoms. The number of carbonyl (C=O) groups is 2. The van der Waals surface area contributed by atoms with Gasteiger partial charge >= 0.3 is 0 Å². The summed E-state index contributed by atoms with van der Waals surface area (Å²) in [5.41, 5.74) is 2.70. The number of carbonyl (C=O) groups excluding carboxylic acids is 2. The van der Waals surface area contributed by atoms with Crippen LogP contribution in [0.5, 0.6) is 0 Å². The van der Waals surface area contributed by atoms with Crippen LogP contribution in [0.4, 0.5) is 0 Å². The van der Waals surface area contributed by atoms with Gasteiger partial charge in [0.25, 0.3) is 11.8 Å². The zero-order valence-corrected chi connectivity index (χ0v) is 11.4. The molecule has 17 heavy (non-hydrogen) atoms. The maximum atomic E-state index is 11.1. The van der Waals surface area contributed by atoms with Crippen molar-refractivity contribution in [3.8, 4) is 0 Å². The van der Waals surface area contributed by atoms with Crippen molar-refractivity contribution in [2.24, 2.45) is 9.98 Å². The van der Waals surface area contributed by atoms with Crippen molar-refractivity contribution in [2.45, 2.75) is 0 Å². The van der Waals surface area contributed by atoms with Crippen LogP contribution in [0.2, 0.25) is 0 Å². The van der Waals surface area contributed by atoms with Gasteiger partial charge in [-0.2, -0.15) is 0 Å². The molecule has 10 heteroatoms. The average molecular weight is 296 g/mol. The molecule has 0 fully saturated rings. The Hall–Kier alpha value is -0.710. The van der Waals surface area contributed by atoms with Gasteiger partial charge in [-0.1, -0.05) is 0 Å². The molecular formula is C7H12N4O3S3. The number of nitrogens with one attached hydrogen (secondary N) is 2. The molecule has 0 heterocycles. The monoisotopic (exact) mass is 296 g/mol. The van der Waals surface area contributed by atoms with E-state index in [1.807, 2.05) is 6.26 Å². The predicted octanol–water partition coefficient (Wildman–Crippen LogP) is 0.408. The maximum Gasteiger partial charge on any atom is 0.252 e. The van der Waals surface area contributed by atoms with Crippen molar-refractivity contribution in [3.63, 3.8) is 0 Å². The first-order chi connectivity index (χ1) is 8.20. The molecule has 0 aromatic rings. The SMILES string of the molecule is CSC=NCC(=O)NSNC(=O)CN=CSO. The second-order valence-electron chi connectivity index (χ2n) is 2.39. The molecule has 3 N–H and O–H groups in total. The maximum absolute atomic E-state index is 11.1. The molecule has 0 radical (unpaired) electrons. The van der Waals surface area contributed by atoms with Crippen molar-refractivity contribution in [2.75, 3.05) is 19.3 Å². The van der Waals surface area contributed by atoms with E-state index < -0.39 is 0 Å². The summed E-state index contributed by atoms with van der Waals surface area (Å²) in [5, 5.41) is 0. The molecule has 0 saturated carbocycles. The summed E-state index contributed by atoms with van der Waals surface area (Å²) in [4.78, 5) is 29.5. The van der Waals surface area contributed by atoms with E-state index in [1.165, 1.54) is 11.8 Å². The summed E-state index contributed by atoms with van der Waals surface area (Å²) < 4.78 is 13.0. The molecule has 7 nitrogen and oxygen atoms in total. The van der Waals surface area contributed by atoms with Gasteiger partial charge in [-0.3, -0.25) is 29.0 Å². The highest BCUT2D eigenvalue weighted by molar-refractivity contribution is 8.11. The second kappa shape index (κ2) is 11.8. The highest BCUT2D eigenvalue weighted by Crippen LogP contribution is 1.89. The summed E-state index contributed by atoms with van der Waals surface area (Å²) in [6, 6.07) is 0. The van der Waals surface area contributed by atoms with Gasteiger partial charge in [-0.15, -0.1) is 11.8 Å². The van der Waals surface area contributed by atoms with Crippen molar-refractivity contribution >= 4 is 58.8 Å². The zero-order chi connectivity index (χ0) is 12.9. The van der Waals surface area contributed by atoms with Crippen LogP contribution in [0.15, 0.2) is 9.98 Å². The Kier molecular flexibility index (Phi) is 11.3. The van der Waals surface area contributed by atoms with Crippen molar-refractivity contribution < 1.29 is 14.1 Å². The Bertz CT molecular complexity index is 270. The molecule has 96 valence electrons. The van der Waals surface area contributed by atoms with E-state index in [0.717, 1.165) is 17.7 Å². The van der Waals surface area contributed by atoms with Crippen LogP contribution >= 0.6 is 35.9 Å². The van der Waals surface area contributed by atoms with Gasteiger partial charge in [0.2, 0.25) is 0 Å². The number of hydrogen-bond donors (Lipinski definition) is 3. The lowest BCUT2D eigenvalue weighted by molar-refractivity contribution is -0.117. The van der Waals surface area contributed by atoms with Gasteiger partial charge < -0.3 is 4.55 Å². The average Bonchev–Trinajstić information content (AvgIpc) is 2.30. The van der Waals surface area contributed by atoms with Crippen LogP contribution in [0.25, 0.3) is 0 Å². The van der Waals surface area contributed by atoms with E-state index >= 15 is 0 Å².